The van der Waals surface area contributed by atoms with Gasteiger partial charge < -0.3 is 19.1 Å². The molecule has 1 aromatic rings. The Balaban J connectivity index is 1.63. The van der Waals surface area contributed by atoms with E-state index >= 15 is 0 Å². The number of methoxy groups -OCH3 is 1. The van der Waals surface area contributed by atoms with Crippen LogP contribution in [0.4, 0.5) is 0 Å². The summed E-state index contributed by atoms with van der Waals surface area (Å²) in [5, 5.41) is 0. The van der Waals surface area contributed by atoms with Crippen LogP contribution >= 0.6 is 0 Å². The summed E-state index contributed by atoms with van der Waals surface area (Å²) in [6, 6.07) is 7.79. The number of ether oxygens (including phenoxy) is 3. The van der Waals surface area contributed by atoms with Gasteiger partial charge in [0.15, 0.2) is 0 Å². The van der Waals surface area contributed by atoms with E-state index in [0.717, 1.165) is 24.2 Å². The lowest BCUT2D eigenvalue weighted by atomic mass is 10.1. The molecule has 1 saturated heterocycles. The molecule has 0 unspecified atom stereocenters. The second-order valence-corrected chi connectivity index (χ2v) is 6.25. The highest BCUT2D eigenvalue weighted by Crippen LogP contribution is 2.32. The molecule has 1 aliphatic carbocycles. The SMILES string of the molecule is C=CCO[C@H]1CC[C@H]2[C@H]1OCCN2C(=O)Cc1ccc(OC)cc1. The molecule has 1 saturated carbocycles. The van der Waals surface area contributed by atoms with E-state index in [2.05, 4.69) is 6.58 Å². The van der Waals surface area contributed by atoms with Gasteiger partial charge in [0, 0.05) is 6.54 Å². The highest BCUT2D eigenvalue weighted by molar-refractivity contribution is 5.79. The van der Waals surface area contributed by atoms with Crippen LogP contribution < -0.4 is 4.74 Å². The monoisotopic (exact) mass is 331 g/mol. The van der Waals surface area contributed by atoms with Crippen LogP contribution in [0.2, 0.25) is 0 Å². The number of nitrogens with zero attached hydrogens (tertiary/aromatic N) is 1. The van der Waals surface area contributed by atoms with Gasteiger partial charge in [0.2, 0.25) is 5.91 Å². The van der Waals surface area contributed by atoms with Crippen LogP contribution in [-0.2, 0) is 20.7 Å². The third-order valence-electron chi connectivity index (χ3n) is 4.80. The molecule has 1 heterocycles. The maximum atomic E-state index is 12.8. The van der Waals surface area contributed by atoms with E-state index in [9.17, 15) is 4.79 Å². The topological polar surface area (TPSA) is 48.0 Å². The molecule has 0 spiro atoms. The van der Waals surface area contributed by atoms with Crippen molar-refractivity contribution in [2.45, 2.75) is 37.5 Å². The van der Waals surface area contributed by atoms with Gasteiger partial charge in [-0.2, -0.15) is 0 Å². The van der Waals surface area contributed by atoms with E-state index in [0.29, 0.717) is 26.2 Å². The number of fused-ring (bicyclic) bond motifs is 1. The largest absolute Gasteiger partial charge is 0.497 e. The lowest BCUT2D eigenvalue weighted by molar-refractivity contribution is -0.150. The van der Waals surface area contributed by atoms with Crippen LogP contribution in [0, 0.1) is 0 Å². The van der Waals surface area contributed by atoms with E-state index in [1.54, 1.807) is 13.2 Å². The molecule has 0 N–H and O–H groups in total. The first-order chi connectivity index (χ1) is 11.7. The Morgan fingerprint density at radius 3 is 2.88 bits per heavy atom. The fourth-order valence-electron chi connectivity index (χ4n) is 3.61. The predicted molar refractivity (Wildman–Crippen MR) is 91.1 cm³/mol. The van der Waals surface area contributed by atoms with E-state index < -0.39 is 0 Å². The van der Waals surface area contributed by atoms with Gasteiger partial charge in [-0.25, -0.2) is 0 Å². The number of rotatable bonds is 6. The minimum absolute atomic E-state index is 0.0153. The summed E-state index contributed by atoms with van der Waals surface area (Å²) >= 11 is 0. The fourth-order valence-corrected chi connectivity index (χ4v) is 3.61. The van der Waals surface area contributed by atoms with Crippen LogP contribution in [0.3, 0.4) is 0 Å². The van der Waals surface area contributed by atoms with Crippen molar-refractivity contribution in [1.29, 1.82) is 0 Å². The number of carbonyl (C=O) groups is 1. The van der Waals surface area contributed by atoms with Crippen LogP contribution in [0.15, 0.2) is 36.9 Å². The lowest BCUT2D eigenvalue weighted by Crippen LogP contribution is -2.54. The molecule has 1 amide bonds. The first kappa shape index (κ1) is 17.0. The molecule has 1 aliphatic heterocycles. The van der Waals surface area contributed by atoms with Crippen molar-refractivity contribution in [3.63, 3.8) is 0 Å². The van der Waals surface area contributed by atoms with Gasteiger partial charge in [-0.1, -0.05) is 18.2 Å². The van der Waals surface area contributed by atoms with E-state index in [1.165, 1.54) is 0 Å². The van der Waals surface area contributed by atoms with Crippen molar-refractivity contribution in [1.82, 2.24) is 4.90 Å². The standard InChI is InChI=1S/C19H25NO4/c1-3-11-23-17-9-8-16-19(17)24-12-10-20(16)18(21)13-14-4-6-15(22-2)7-5-14/h3-7,16-17,19H,1,8-13H2,2H3/t16-,17-,19+/m0/s1. The maximum Gasteiger partial charge on any atom is 0.227 e. The van der Waals surface area contributed by atoms with Gasteiger partial charge in [0.1, 0.15) is 11.9 Å². The summed E-state index contributed by atoms with van der Waals surface area (Å²) < 4.78 is 16.9. The highest BCUT2D eigenvalue weighted by Gasteiger charge is 2.44. The van der Waals surface area contributed by atoms with Crippen molar-refractivity contribution < 1.29 is 19.0 Å². The summed E-state index contributed by atoms with van der Waals surface area (Å²) in [5.41, 5.74) is 1.00. The second kappa shape index (κ2) is 7.81. The van der Waals surface area contributed by atoms with Crippen molar-refractivity contribution in [3.05, 3.63) is 42.5 Å². The summed E-state index contributed by atoms with van der Waals surface area (Å²) in [6.07, 6.45) is 4.06. The predicted octanol–water partition coefficient (Wildman–Crippen LogP) is 2.20. The summed E-state index contributed by atoms with van der Waals surface area (Å²) in [6.45, 7) is 5.44. The average molecular weight is 331 g/mol. The zero-order valence-electron chi connectivity index (χ0n) is 14.1. The Bertz CT molecular complexity index is 571. The number of morpholine rings is 1. The zero-order valence-corrected chi connectivity index (χ0v) is 14.1. The summed E-state index contributed by atoms with van der Waals surface area (Å²) in [4.78, 5) is 14.7. The van der Waals surface area contributed by atoms with Crippen LogP contribution in [0.1, 0.15) is 18.4 Å². The van der Waals surface area contributed by atoms with Crippen LogP contribution in [-0.4, -0.2) is 55.9 Å². The van der Waals surface area contributed by atoms with Gasteiger partial charge in [-0.05, 0) is 30.5 Å². The Morgan fingerprint density at radius 1 is 1.38 bits per heavy atom. The minimum atomic E-state index is -0.0153. The first-order valence-corrected chi connectivity index (χ1v) is 8.49. The molecule has 0 bridgehead atoms. The number of amides is 1. The Labute approximate surface area is 143 Å². The smallest absolute Gasteiger partial charge is 0.227 e. The average Bonchev–Trinajstić information content (AvgIpc) is 3.03. The molecule has 2 aliphatic rings. The number of benzene rings is 1. The van der Waals surface area contributed by atoms with Crippen molar-refractivity contribution in [2.24, 2.45) is 0 Å². The van der Waals surface area contributed by atoms with Gasteiger partial charge >= 0.3 is 0 Å². The molecule has 130 valence electrons. The Morgan fingerprint density at radius 2 is 2.17 bits per heavy atom. The Kier molecular flexibility index (Phi) is 5.53. The summed E-state index contributed by atoms with van der Waals surface area (Å²) in [7, 11) is 1.64. The van der Waals surface area contributed by atoms with Crippen molar-refractivity contribution in [3.8, 4) is 5.75 Å². The number of hydrogen-bond donors (Lipinski definition) is 0. The maximum absolute atomic E-state index is 12.8. The number of hydrogen-bond acceptors (Lipinski definition) is 4. The lowest BCUT2D eigenvalue weighted by Gasteiger charge is -2.39. The molecular weight excluding hydrogens is 306 g/mol. The zero-order chi connectivity index (χ0) is 16.9. The molecular formula is C19H25NO4. The van der Waals surface area contributed by atoms with Gasteiger partial charge in [-0.15, -0.1) is 6.58 Å². The van der Waals surface area contributed by atoms with Gasteiger partial charge in [0.25, 0.3) is 0 Å². The van der Waals surface area contributed by atoms with Crippen molar-refractivity contribution >= 4 is 5.91 Å². The Hall–Kier alpha value is -1.85. The van der Waals surface area contributed by atoms with E-state index in [4.69, 9.17) is 14.2 Å². The molecule has 1 aromatic carbocycles. The van der Waals surface area contributed by atoms with Crippen molar-refractivity contribution in [2.75, 3.05) is 26.9 Å². The molecule has 0 aromatic heterocycles. The highest BCUT2D eigenvalue weighted by atomic mass is 16.5. The van der Waals surface area contributed by atoms with Crippen LogP contribution in [0.25, 0.3) is 0 Å². The summed E-state index contributed by atoms with van der Waals surface area (Å²) in [5.74, 6) is 0.957. The normalized spacial score (nSPS) is 26.0. The quantitative estimate of drug-likeness (QED) is 0.750. The molecule has 2 fully saturated rings. The van der Waals surface area contributed by atoms with Gasteiger partial charge in [0.05, 0.1) is 38.9 Å². The van der Waals surface area contributed by atoms with Crippen LogP contribution in [0.5, 0.6) is 5.75 Å². The number of carbonyl (C=O) groups excluding carboxylic acids is 1. The first-order valence-electron chi connectivity index (χ1n) is 8.49. The molecule has 24 heavy (non-hydrogen) atoms. The van der Waals surface area contributed by atoms with E-state index in [1.807, 2.05) is 29.2 Å². The molecule has 3 rings (SSSR count). The third kappa shape index (κ3) is 3.62. The molecule has 3 atom stereocenters. The molecule has 5 heteroatoms. The minimum Gasteiger partial charge on any atom is -0.497 e. The molecule has 5 nitrogen and oxygen atoms in total. The van der Waals surface area contributed by atoms with Gasteiger partial charge in [-0.3, -0.25) is 4.79 Å². The fraction of sp³-hybridized carbons (Fsp3) is 0.526. The second-order valence-electron chi connectivity index (χ2n) is 6.25. The molecule has 0 radical (unpaired) electrons. The third-order valence-corrected chi connectivity index (χ3v) is 4.80. The van der Waals surface area contributed by atoms with E-state index in [-0.39, 0.29) is 24.2 Å².